The highest BCUT2D eigenvalue weighted by Crippen LogP contribution is 2.24. The van der Waals surface area contributed by atoms with E-state index in [1.165, 1.54) is 24.8 Å². The smallest absolute Gasteiger partial charge is 0.240 e. The second kappa shape index (κ2) is 9.16. The summed E-state index contributed by atoms with van der Waals surface area (Å²) in [7, 11) is -1.99. The summed E-state index contributed by atoms with van der Waals surface area (Å²) in [5.41, 5.74) is 2.21. The quantitative estimate of drug-likeness (QED) is 0.614. The fourth-order valence-corrected chi connectivity index (χ4v) is 5.04. The highest BCUT2D eigenvalue weighted by atomic mass is 32.2. The molecular weight excluding hydrogens is 396 g/mol. The Kier molecular flexibility index (Phi) is 6.37. The molecule has 1 N–H and O–H groups in total. The third kappa shape index (κ3) is 4.83. The van der Waals surface area contributed by atoms with Crippen LogP contribution in [0.3, 0.4) is 0 Å². The van der Waals surface area contributed by atoms with E-state index in [-0.39, 0.29) is 11.4 Å². The van der Waals surface area contributed by atoms with Crippen LogP contribution in [-0.2, 0) is 23.1 Å². The number of nitrogens with one attached hydrogen (secondary N) is 1. The van der Waals surface area contributed by atoms with E-state index in [2.05, 4.69) is 15.7 Å². The Labute approximate surface area is 178 Å². The molecule has 6 heteroatoms. The van der Waals surface area contributed by atoms with Gasteiger partial charge in [-0.15, -0.1) is 0 Å². The lowest BCUT2D eigenvalue weighted by molar-refractivity contribution is 0.220. The molecule has 0 saturated carbocycles. The standard InChI is InChI=1S/C24H28N2O3S/c1-29-23-11-9-20-16-24(12-10-19(20)15-23)30(27,28)25-17-21-7-3-4-8-22(21)18-26-13-5-2-6-14-26/h3-4,7-12,15-16,25H,2,5-6,13-14,17-18H2,1H3. The summed E-state index contributed by atoms with van der Waals surface area (Å²) in [6, 6.07) is 18.9. The first-order valence-electron chi connectivity index (χ1n) is 10.4. The predicted molar refractivity (Wildman–Crippen MR) is 120 cm³/mol. The predicted octanol–water partition coefficient (Wildman–Crippen LogP) is 4.31. The minimum absolute atomic E-state index is 0.272. The largest absolute Gasteiger partial charge is 0.497 e. The summed E-state index contributed by atoms with van der Waals surface area (Å²) < 4.78 is 33.9. The number of piperidine rings is 1. The Morgan fingerprint density at radius 3 is 2.37 bits per heavy atom. The molecule has 1 aliphatic rings. The van der Waals surface area contributed by atoms with Crippen LogP contribution in [0.25, 0.3) is 10.8 Å². The Bertz CT molecular complexity index is 1120. The number of fused-ring (bicyclic) bond motifs is 1. The maximum Gasteiger partial charge on any atom is 0.240 e. The van der Waals surface area contributed by atoms with E-state index < -0.39 is 10.0 Å². The Hall–Kier alpha value is -2.41. The molecule has 4 rings (SSSR count). The van der Waals surface area contributed by atoms with Gasteiger partial charge in [0, 0.05) is 13.1 Å². The number of sulfonamides is 1. The second-order valence-corrected chi connectivity index (χ2v) is 9.57. The average Bonchev–Trinajstić information content (AvgIpc) is 2.78. The third-order valence-electron chi connectivity index (χ3n) is 5.74. The van der Waals surface area contributed by atoms with Crippen LogP contribution < -0.4 is 9.46 Å². The second-order valence-electron chi connectivity index (χ2n) is 7.80. The van der Waals surface area contributed by atoms with Gasteiger partial charge in [0.15, 0.2) is 0 Å². The van der Waals surface area contributed by atoms with E-state index in [0.29, 0.717) is 0 Å². The summed E-state index contributed by atoms with van der Waals surface area (Å²) in [4.78, 5) is 2.72. The molecule has 1 aliphatic heterocycles. The maximum atomic E-state index is 12.9. The third-order valence-corrected chi connectivity index (χ3v) is 7.14. The Balaban J connectivity index is 1.50. The van der Waals surface area contributed by atoms with Crippen LogP contribution in [-0.4, -0.2) is 33.5 Å². The van der Waals surface area contributed by atoms with Crippen molar-refractivity contribution in [2.45, 2.75) is 37.2 Å². The van der Waals surface area contributed by atoms with Gasteiger partial charge in [-0.05, 0) is 72.1 Å². The number of nitrogens with zero attached hydrogens (tertiary/aromatic N) is 1. The van der Waals surface area contributed by atoms with Gasteiger partial charge in [-0.25, -0.2) is 13.1 Å². The summed E-state index contributed by atoms with van der Waals surface area (Å²) >= 11 is 0. The van der Waals surface area contributed by atoms with E-state index in [1.807, 2.05) is 42.5 Å². The highest BCUT2D eigenvalue weighted by molar-refractivity contribution is 7.89. The molecule has 1 heterocycles. The van der Waals surface area contributed by atoms with Gasteiger partial charge in [0.05, 0.1) is 12.0 Å². The van der Waals surface area contributed by atoms with Crippen molar-refractivity contribution >= 4 is 20.8 Å². The molecule has 3 aromatic rings. The molecule has 5 nitrogen and oxygen atoms in total. The zero-order valence-corrected chi connectivity index (χ0v) is 18.1. The summed E-state index contributed by atoms with van der Waals surface area (Å²) in [5.74, 6) is 0.751. The van der Waals surface area contributed by atoms with E-state index in [9.17, 15) is 8.42 Å². The van der Waals surface area contributed by atoms with E-state index in [1.54, 1.807) is 19.2 Å². The van der Waals surface area contributed by atoms with Crippen molar-refractivity contribution in [1.82, 2.24) is 9.62 Å². The minimum atomic E-state index is -3.61. The van der Waals surface area contributed by atoms with Gasteiger partial charge in [-0.2, -0.15) is 0 Å². The van der Waals surface area contributed by atoms with Crippen molar-refractivity contribution in [2.24, 2.45) is 0 Å². The van der Waals surface area contributed by atoms with Crippen molar-refractivity contribution in [3.8, 4) is 5.75 Å². The molecule has 0 amide bonds. The lowest BCUT2D eigenvalue weighted by Gasteiger charge is -2.27. The number of rotatable bonds is 7. The highest BCUT2D eigenvalue weighted by Gasteiger charge is 2.17. The number of hydrogen-bond acceptors (Lipinski definition) is 4. The molecule has 0 radical (unpaired) electrons. The van der Waals surface area contributed by atoms with Gasteiger partial charge >= 0.3 is 0 Å². The number of benzene rings is 3. The monoisotopic (exact) mass is 424 g/mol. The Morgan fingerprint density at radius 1 is 0.900 bits per heavy atom. The lowest BCUT2D eigenvalue weighted by atomic mass is 10.1. The number of ether oxygens (including phenoxy) is 1. The fraction of sp³-hybridized carbons (Fsp3) is 0.333. The first-order chi connectivity index (χ1) is 14.5. The van der Waals surface area contributed by atoms with Gasteiger partial charge in [-0.1, -0.05) is 42.8 Å². The summed E-state index contributed by atoms with van der Waals surface area (Å²) in [6.07, 6.45) is 3.78. The van der Waals surface area contributed by atoms with Crippen LogP contribution in [0, 0.1) is 0 Å². The number of methoxy groups -OCH3 is 1. The zero-order chi connectivity index (χ0) is 21.0. The van der Waals surface area contributed by atoms with Crippen molar-refractivity contribution in [2.75, 3.05) is 20.2 Å². The van der Waals surface area contributed by atoms with E-state index in [4.69, 9.17) is 4.74 Å². The normalized spacial score (nSPS) is 15.4. The van der Waals surface area contributed by atoms with E-state index >= 15 is 0 Å². The summed E-state index contributed by atoms with van der Waals surface area (Å²) in [5, 5.41) is 1.81. The Morgan fingerprint density at radius 2 is 1.60 bits per heavy atom. The molecule has 1 fully saturated rings. The topological polar surface area (TPSA) is 58.6 Å². The molecule has 158 valence electrons. The molecule has 1 saturated heterocycles. The molecule has 0 aromatic heterocycles. The first-order valence-corrected chi connectivity index (χ1v) is 11.9. The molecule has 3 aromatic carbocycles. The first kappa shape index (κ1) is 20.8. The lowest BCUT2D eigenvalue weighted by Crippen LogP contribution is -2.30. The van der Waals surface area contributed by atoms with Gasteiger partial charge in [0.2, 0.25) is 10.0 Å². The fourth-order valence-electron chi connectivity index (χ4n) is 3.99. The van der Waals surface area contributed by atoms with Crippen LogP contribution >= 0.6 is 0 Å². The molecule has 30 heavy (non-hydrogen) atoms. The van der Waals surface area contributed by atoms with Gasteiger partial charge in [0.25, 0.3) is 0 Å². The van der Waals surface area contributed by atoms with Gasteiger partial charge < -0.3 is 4.74 Å². The van der Waals surface area contributed by atoms with Crippen LogP contribution in [0.1, 0.15) is 30.4 Å². The van der Waals surface area contributed by atoms with Gasteiger partial charge in [0.1, 0.15) is 5.75 Å². The van der Waals surface area contributed by atoms with Crippen molar-refractivity contribution < 1.29 is 13.2 Å². The van der Waals surface area contributed by atoms with Crippen molar-refractivity contribution in [3.05, 3.63) is 71.8 Å². The van der Waals surface area contributed by atoms with Crippen LogP contribution in [0.5, 0.6) is 5.75 Å². The molecular formula is C24H28N2O3S. The maximum absolute atomic E-state index is 12.9. The molecule has 0 spiro atoms. The molecule has 0 atom stereocenters. The average molecular weight is 425 g/mol. The number of hydrogen-bond donors (Lipinski definition) is 1. The van der Waals surface area contributed by atoms with E-state index in [0.717, 1.165) is 41.7 Å². The van der Waals surface area contributed by atoms with Crippen LogP contribution in [0.2, 0.25) is 0 Å². The zero-order valence-electron chi connectivity index (χ0n) is 17.3. The molecule has 0 aliphatic carbocycles. The van der Waals surface area contributed by atoms with Crippen molar-refractivity contribution in [1.29, 1.82) is 0 Å². The van der Waals surface area contributed by atoms with Crippen molar-refractivity contribution in [3.63, 3.8) is 0 Å². The molecule has 0 bridgehead atoms. The van der Waals surface area contributed by atoms with Crippen LogP contribution in [0.15, 0.2) is 65.6 Å². The molecule has 0 unspecified atom stereocenters. The SMILES string of the molecule is COc1ccc2cc(S(=O)(=O)NCc3ccccc3CN3CCCCC3)ccc2c1. The number of likely N-dealkylation sites (tertiary alicyclic amines) is 1. The minimum Gasteiger partial charge on any atom is -0.497 e. The van der Waals surface area contributed by atoms with Gasteiger partial charge in [-0.3, -0.25) is 4.90 Å². The summed E-state index contributed by atoms with van der Waals surface area (Å²) in [6.45, 7) is 3.38. The van der Waals surface area contributed by atoms with Crippen LogP contribution in [0.4, 0.5) is 0 Å².